The lowest BCUT2D eigenvalue weighted by molar-refractivity contribution is -0.140. The van der Waals surface area contributed by atoms with Crippen molar-refractivity contribution in [1.82, 2.24) is 9.80 Å². The van der Waals surface area contributed by atoms with E-state index in [4.69, 9.17) is 9.15 Å². The summed E-state index contributed by atoms with van der Waals surface area (Å²) in [6, 6.07) is 7.59. The predicted molar refractivity (Wildman–Crippen MR) is 101 cm³/mol. The molecular formula is C21H21FN2O5. The summed E-state index contributed by atoms with van der Waals surface area (Å²) in [6.07, 6.45) is 1.45. The zero-order valence-electron chi connectivity index (χ0n) is 15.7. The van der Waals surface area contributed by atoms with E-state index < -0.39 is 23.5 Å². The summed E-state index contributed by atoms with van der Waals surface area (Å²) >= 11 is 0. The van der Waals surface area contributed by atoms with Gasteiger partial charge in [-0.1, -0.05) is 0 Å². The topological polar surface area (TPSA) is 83.2 Å². The third-order valence-corrected chi connectivity index (χ3v) is 5.23. The van der Waals surface area contributed by atoms with Crippen molar-refractivity contribution in [3.63, 3.8) is 0 Å². The van der Waals surface area contributed by atoms with E-state index in [2.05, 4.69) is 4.90 Å². The van der Waals surface area contributed by atoms with Crippen LogP contribution in [-0.2, 0) is 14.3 Å². The summed E-state index contributed by atoms with van der Waals surface area (Å²) in [6.45, 7) is 3.64. The maximum Gasteiger partial charge on any atom is 0.295 e. The predicted octanol–water partition coefficient (Wildman–Crippen LogP) is 2.17. The summed E-state index contributed by atoms with van der Waals surface area (Å²) in [7, 11) is 0. The van der Waals surface area contributed by atoms with Crippen molar-refractivity contribution in [3.05, 3.63) is 65.4 Å². The molecule has 1 aromatic heterocycles. The fraction of sp³-hybridized carbons (Fsp3) is 0.333. The van der Waals surface area contributed by atoms with Crippen LogP contribution in [0.2, 0.25) is 0 Å². The zero-order chi connectivity index (χ0) is 20.4. The number of morpholine rings is 1. The third-order valence-electron chi connectivity index (χ3n) is 5.23. The number of Topliss-reactive ketones (excluding diaryl/α,β-unsaturated/α-hetero) is 1. The minimum Gasteiger partial charge on any atom is -0.507 e. The molecule has 0 unspecified atom stereocenters. The molecule has 7 nitrogen and oxygen atoms in total. The molecule has 1 amide bonds. The number of carbonyl (C=O) groups excluding carboxylic acids is 2. The Morgan fingerprint density at radius 1 is 1.10 bits per heavy atom. The van der Waals surface area contributed by atoms with E-state index in [1.807, 2.05) is 0 Å². The second-order valence-corrected chi connectivity index (χ2v) is 6.97. The van der Waals surface area contributed by atoms with Crippen LogP contribution >= 0.6 is 0 Å². The highest BCUT2D eigenvalue weighted by molar-refractivity contribution is 6.46. The van der Waals surface area contributed by atoms with Crippen molar-refractivity contribution in [3.8, 4) is 0 Å². The zero-order valence-corrected chi connectivity index (χ0v) is 15.7. The van der Waals surface area contributed by atoms with Crippen LogP contribution in [-0.4, -0.2) is 66.0 Å². The lowest BCUT2D eigenvalue weighted by atomic mass is 9.99. The summed E-state index contributed by atoms with van der Waals surface area (Å²) in [4.78, 5) is 29.1. The maximum absolute atomic E-state index is 13.2. The van der Waals surface area contributed by atoms with Crippen molar-refractivity contribution >= 4 is 17.4 Å². The first-order chi connectivity index (χ1) is 14.1. The number of rotatable bonds is 5. The molecule has 1 N–H and O–H groups in total. The Balaban J connectivity index is 1.68. The minimum atomic E-state index is -0.837. The molecule has 3 heterocycles. The molecule has 1 aromatic carbocycles. The molecule has 8 heteroatoms. The van der Waals surface area contributed by atoms with Crippen LogP contribution in [0, 0.1) is 5.82 Å². The number of likely N-dealkylation sites (tertiary alicyclic amines) is 1. The van der Waals surface area contributed by atoms with E-state index in [9.17, 15) is 19.1 Å². The Labute approximate surface area is 167 Å². The van der Waals surface area contributed by atoms with Gasteiger partial charge in [-0.05, 0) is 36.4 Å². The standard InChI is InChI=1S/C21H21FN2O5/c22-15-5-3-14(4-6-15)19(25)17-18(16-2-1-11-29-16)24(21(27)20(17)26)8-7-23-9-12-28-13-10-23/h1-6,11,18,25H,7-10,12-13H2/b19-17+/t18-/m1/s1. The lowest BCUT2D eigenvalue weighted by Crippen LogP contribution is -2.42. The van der Waals surface area contributed by atoms with Crippen LogP contribution in [0.25, 0.3) is 5.76 Å². The molecular weight excluding hydrogens is 379 g/mol. The second-order valence-electron chi connectivity index (χ2n) is 6.97. The van der Waals surface area contributed by atoms with Gasteiger partial charge in [0.1, 0.15) is 23.4 Å². The van der Waals surface area contributed by atoms with E-state index in [1.165, 1.54) is 35.4 Å². The number of nitrogens with zero attached hydrogens (tertiary/aromatic N) is 2. The number of halogens is 1. The van der Waals surface area contributed by atoms with Crippen LogP contribution in [0.1, 0.15) is 17.4 Å². The first-order valence-corrected chi connectivity index (χ1v) is 9.44. The van der Waals surface area contributed by atoms with Crippen LogP contribution in [0.3, 0.4) is 0 Å². The van der Waals surface area contributed by atoms with Crippen LogP contribution in [0.5, 0.6) is 0 Å². The summed E-state index contributed by atoms with van der Waals surface area (Å²) < 4.78 is 24.1. The highest BCUT2D eigenvalue weighted by Gasteiger charge is 2.47. The Morgan fingerprint density at radius 2 is 1.83 bits per heavy atom. The molecule has 0 saturated carbocycles. The van der Waals surface area contributed by atoms with E-state index in [-0.39, 0.29) is 16.9 Å². The molecule has 2 fully saturated rings. The number of carbonyl (C=O) groups is 2. The lowest BCUT2D eigenvalue weighted by Gasteiger charge is -2.30. The minimum absolute atomic E-state index is 0.0569. The summed E-state index contributed by atoms with van der Waals surface area (Å²) in [5.74, 6) is -1.90. The van der Waals surface area contributed by atoms with Gasteiger partial charge in [-0.15, -0.1) is 0 Å². The van der Waals surface area contributed by atoms with Gasteiger partial charge in [-0.25, -0.2) is 4.39 Å². The van der Waals surface area contributed by atoms with Crippen LogP contribution in [0.15, 0.2) is 52.7 Å². The fourth-order valence-corrected chi connectivity index (χ4v) is 3.69. The maximum atomic E-state index is 13.2. The molecule has 29 heavy (non-hydrogen) atoms. The van der Waals surface area contributed by atoms with Crippen LogP contribution in [0.4, 0.5) is 4.39 Å². The van der Waals surface area contributed by atoms with E-state index in [1.54, 1.807) is 12.1 Å². The van der Waals surface area contributed by atoms with Crippen molar-refractivity contribution in [2.75, 3.05) is 39.4 Å². The molecule has 0 spiro atoms. The number of furan rings is 1. The monoisotopic (exact) mass is 400 g/mol. The molecule has 0 radical (unpaired) electrons. The molecule has 2 saturated heterocycles. The van der Waals surface area contributed by atoms with E-state index >= 15 is 0 Å². The van der Waals surface area contributed by atoms with Crippen LogP contribution < -0.4 is 0 Å². The van der Waals surface area contributed by atoms with Crippen molar-refractivity contribution in [2.24, 2.45) is 0 Å². The molecule has 0 bridgehead atoms. The molecule has 2 aliphatic heterocycles. The van der Waals surface area contributed by atoms with Crippen molar-refractivity contribution in [1.29, 1.82) is 0 Å². The first-order valence-electron chi connectivity index (χ1n) is 9.44. The second kappa shape index (κ2) is 8.18. The Hall–Kier alpha value is -2.97. The number of amides is 1. The number of ketones is 1. The van der Waals surface area contributed by atoms with Crippen molar-refractivity contribution in [2.45, 2.75) is 6.04 Å². The number of aliphatic hydroxyl groups excluding tert-OH is 1. The first kappa shape index (κ1) is 19.4. The van der Waals surface area contributed by atoms with Gasteiger partial charge in [0.15, 0.2) is 0 Å². The quantitative estimate of drug-likeness (QED) is 0.471. The third kappa shape index (κ3) is 3.81. The SMILES string of the molecule is O=C1C(=O)N(CCN2CCOCC2)[C@H](c2ccco2)/C1=C(\O)c1ccc(F)cc1. The van der Waals surface area contributed by atoms with E-state index in [0.29, 0.717) is 32.1 Å². The number of hydrogen-bond acceptors (Lipinski definition) is 6. The average Bonchev–Trinajstić information content (AvgIpc) is 3.35. The smallest absolute Gasteiger partial charge is 0.295 e. The Morgan fingerprint density at radius 3 is 2.48 bits per heavy atom. The normalized spacial score (nSPS) is 22.4. The molecule has 2 aromatic rings. The number of benzene rings is 1. The summed E-state index contributed by atoms with van der Waals surface area (Å²) in [5.41, 5.74) is 0.202. The van der Waals surface area contributed by atoms with Gasteiger partial charge in [0.25, 0.3) is 11.7 Å². The van der Waals surface area contributed by atoms with Gasteiger partial charge >= 0.3 is 0 Å². The van der Waals surface area contributed by atoms with Gasteiger partial charge in [0, 0.05) is 31.7 Å². The number of ether oxygens (including phenoxy) is 1. The molecule has 1 atom stereocenters. The summed E-state index contributed by atoms with van der Waals surface area (Å²) in [5, 5.41) is 10.8. The highest BCUT2D eigenvalue weighted by atomic mass is 19.1. The van der Waals surface area contributed by atoms with Gasteiger partial charge < -0.3 is 19.2 Å². The average molecular weight is 400 g/mol. The molecule has 2 aliphatic rings. The Bertz CT molecular complexity index is 917. The van der Waals surface area contributed by atoms with E-state index in [0.717, 1.165) is 13.1 Å². The number of aliphatic hydroxyl groups is 1. The molecule has 4 rings (SSSR count). The van der Waals surface area contributed by atoms with Gasteiger partial charge in [0.05, 0.1) is 25.1 Å². The van der Waals surface area contributed by atoms with Gasteiger partial charge in [0.2, 0.25) is 0 Å². The fourth-order valence-electron chi connectivity index (χ4n) is 3.69. The van der Waals surface area contributed by atoms with Gasteiger partial charge in [-0.3, -0.25) is 14.5 Å². The largest absolute Gasteiger partial charge is 0.507 e. The number of hydrogen-bond donors (Lipinski definition) is 1. The molecule has 152 valence electrons. The van der Waals surface area contributed by atoms with Crippen molar-refractivity contribution < 1.29 is 28.2 Å². The Kier molecular flexibility index (Phi) is 5.46. The van der Waals surface area contributed by atoms with Gasteiger partial charge in [-0.2, -0.15) is 0 Å². The molecule has 0 aliphatic carbocycles. The highest BCUT2D eigenvalue weighted by Crippen LogP contribution is 2.39.